The second-order valence-corrected chi connectivity index (χ2v) is 7.15. The van der Waals surface area contributed by atoms with Crippen LogP contribution in [0.25, 0.3) is 5.78 Å². The summed E-state index contributed by atoms with van der Waals surface area (Å²) in [6, 6.07) is 2.07. The van der Waals surface area contributed by atoms with Crippen LogP contribution in [-0.4, -0.2) is 57.1 Å². The van der Waals surface area contributed by atoms with E-state index in [1.54, 1.807) is 6.33 Å². The number of aryl methyl sites for hydroxylation is 1. The number of carbonyl (C=O) groups excluding carboxylic acids is 1. The van der Waals surface area contributed by atoms with Gasteiger partial charge in [0.25, 0.3) is 5.78 Å². The van der Waals surface area contributed by atoms with Crippen LogP contribution >= 0.6 is 0 Å². The minimum Gasteiger partial charge on any atom is -0.356 e. The summed E-state index contributed by atoms with van der Waals surface area (Å²) in [5, 5.41) is 4.30. The van der Waals surface area contributed by atoms with Gasteiger partial charge in [-0.25, -0.2) is 4.98 Å². The molecule has 0 unspecified atom stereocenters. The first-order chi connectivity index (χ1) is 11.6. The zero-order valence-corrected chi connectivity index (χ0v) is 14.4. The Bertz CT molecular complexity index is 745. The lowest BCUT2D eigenvalue weighted by Crippen LogP contribution is -2.40. The first-order valence-corrected chi connectivity index (χ1v) is 8.79. The van der Waals surface area contributed by atoms with Crippen LogP contribution in [0.2, 0.25) is 0 Å². The predicted molar refractivity (Wildman–Crippen MR) is 90.8 cm³/mol. The number of rotatable bonds is 4. The summed E-state index contributed by atoms with van der Waals surface area (Å²) >= 11 is 0. The SMILES string of the molecule is Cc1cc(N2CCC(CN(C)C(=O)C3CC3)CC2)n2ncnc2n1. The minimum atomic E-state index is 0.315. The monoisotopic (exact) mass is 328 g/mol. The average Bonchev–Trinajstić information content (AvgIpc) is 3.32. The number of amides is 1. The van der Waals surface area contributed by atoms with Gasteiger partial charge in [0.05, 0.1) is 0 Å². The molecular formula is C17H24N6O. The standard InChI is InChI=1S/C17H24N6O/c1-12-9-15(23-17(20-12)18-11-19-23)22-7-5-13(6-8-22)10-21(2)16(24)14-3-4-14/h9,11,13-14H,3-8,10H2,1-2H3. The van der Waals surface area contributed by atoms with E-state index in [1.165, 1.54) is 0 Å². The molecule has 1 aliphatic heterocycles. The van der Waals surface area contributed by atoms with Crippen LogP contribution in [0.5, 0.6) is 0 Å². The van der Waals surface area contributed by atoms with Crippen LogP contribution in [0.4, 0.5) is 5.82 Å². The lowest BCUT2D eigenvalue weighted by molar-refractivity contribution is -0.131. The van der Waals surface area contributed by atoms with Gasteiger partial charge in [0.2, 0.25) is 5.91 Å². The topological polar surface area (TPSA) is 66.6 Å². The highest BCUT2D eigenvalue weighted by molar-refractivity contribution is 5.80. The first-order valence-electron chi connectivity index (χ1n) is 8.79. The van der Waals surface area contributed by atoms with E-state index in [0.717, 1.165) is 56.8 Å². The maximum Gasteiger partial charge on any atom is 0.254 e. The molecule has 128 valence electrons. The number of piperidine rings is 1. The normalized spacial score (nSPS) is 19.0. The molecule has 0 atom stereocenters. The molecule has 1 saturated carbocycles. The van der Waals surface area contributed by atoms with Gasteiger partial charge in [0.15, 0.2) is 0 Å². The summed E-state index contributed by atoms with van der Waals surface area (Å²) in [5.41, 5.74) is 0.961. The highest BCUT2D eigenvalue weighted by Crippen LogP contribution is 2.31. The van der Waals surface area contributed by atoms with Crippen LogP contribution in [0.1, 0.15) is 31.4 Å². The Morgan fingerprint density at radius 3 is 2.75 bits per heavy atom. The van der Waals surface area contributed by atoms with Crippen molar-refractivity contribution >= 4 is 17.5 Å². The van der Waals surface area contributed by atoms with Crippen molar-refractivity contribution in [3.8, 4) is 0 Å². The van der Waals surface area contributed by atoms with Gasteiger partial charge in [0, 0.05) is 44.4 Å². The van der Waals surface area contributed by atoms with Crippen LogP contribution in [0.15, 0.2) is 12.4 Å². The highest BCUT2D eigenvalue weighted by Gasteiger charge is 2.33. The van der Waals surface area contributed by atoms with Crippen LogP contribution < -0.4 is 4.90 Å². The van der Waals surface area contributed by atoms with E-state index in [-0.39, 0.29) is 0 Å². The smallest absolute Gasteiger partial charge is 0.254 e. The maximum atomic E-state index is 12.1. The fraction of sp³-hybridized carbons (Fsp3) is 0.647. The highest BCUT2D eigenvalue weighted by atomic mass is 16.2. The molecule has 2 fully saturated rings. The number of aromatic nitrogens is 4. The molecule has 0 N–H and O–H groups in total. The Hall–Kier alpha value is -2.18. The van der Waals surface area contributed by atoms with Gasteiger partial charge in [0.1, 0.15) is 12.1 Å². The molecule has 24 heavy (non-hydrogen) atoms. The summed E-state index contributed by atoms with van der Waals surface area (Å²) in [6.07, 6.45) is 5.91. The van der Waals surface area contributed by atoms with E-state index in [9.17, 15) is 4.79 Å². The number of hydrogen-bond acceptors (Lipinski definition) is 5. The van der Waals surface area contributed by atoms with Crippen LogP contribution in [-0.2, 0) is 4.79 Å². The summed E-state index contributed by atoms with van der Waals surface area (Å²) in [5.74, 6) is 2.96. The first kappa shape index (κ1) is 15.4. The largest absolute Gasteiger partial charge is 0.356 e. The second-order valence-electron chi connectivity index (χ2n) is 7.15. The third-order valence-electron chi connectivity index (χ3n) is 5.13. The predicted octanol–water partition coefficient (Wildman–Crippen LogP) is 1.52. The lowest BCUT2D eigenvalue weighted by Gasteiger charge is -2.35. The molecule has 2 aromatic heterocycles. The Kier molecular flexibility index (Phi) is 3.86. The molecule has 1 saturated heterocycles. The molecule has 1 amide bonds. The summed E-state index contributed by atoms with van der Waals surface area (Å²) < 4.78 is 1.82. The molecule has 2 aromatic rings. The Labute approximate surface area is 141 Å². The average molecular weight is 328 g/mol. The Morgan fingerprint density at radius 2 is 2.04 bits per heavy atom. The van der Waals surface area contributed by atoms with Crippen molar-refractivity contribution in [3.05, 3.63) is 18.1 Å². The van der Waals surface area contributed by atoms with Crippen molar-refractivity contribution in [2.75, 3.05) is 31.6 Å². The number of nitrogens with zero attached hydrogens (tertiary/aromatic N) is 6. The summed E-state index contributed by atoms with van der Waals surface area (Å²) in [7, 11) is 1.96. The molecule has 0 aromatic carbocycles. The van der Waals surface area contributed by atoms with Gasteiger partial charge in [-0.05, 0) is 38.5 Å². The molecule has 1 aliphatic carbocycles. The summed E-state index contributed by atoms with van der Waals surface area (Å²) in [6.45, 7) is 4.84. The van der Waals surface area contributed by atoms with E-state index in [1.807, 2.05) is 23.4 Å². The number of hydrogen-bond donors (Lipinski definition) is 0. The zero-order valence-electron chi connectivity index (χ0n) is 14.4. The van der Waals surface area contributed by atoms with Gasteiger partial charge in [-0.2, -0.15) is 14.6 Å². The molecule has 7 nitrogen and oxygen atoms in total. The molecule has 0 bridgehead atoms. The summed E-state index contributed by atoms with van der Waals surface area (Å²) in [4.78, 5) is 25.0. The van der Waals surface area contributed by atoms with E-state index >= 15 is 0 Å². The van der Waals surface area contributed by atoms with Gasteiger partial charge in [-0.15, -0.1) is 0 Å². The second kappa shape index (κ2) is 6.03. The van der Waals surface area contributed by atoms with Crippen molar-refractivity contribution in [1.29, 1.82) is 0 Å². The molecular weight excluding hydrogens is 304 g/mol. The minimum absolute atomic E-state index is 0.315. The van der Waals surface area contributed by atoms with Gasteiger partial charge in [-0.3, -0.25) is 4.79 Å². The zero-order chi connectivity index (χ0) is 16.7. The number of carbonyl (C=O) groups is 1. The third kappa shape index (κ3) is 2.95. The molecule has 3 heterocycles. The Morgan fingerprint density at radius 1 is 1.29 bits per heavy atom. The fourth-order valence-electron chi connectivity index (χ4n) is 3.60. The van der Waals surface area contributed by atoms with Gasteiger partial charge >= 0.3 is 0 Å². The molecule has 0 radical (unpaired) electrons. The van der Waals surface area contributed by atoms with Gasteiger partial charge < -0.3 is 9.80 Å². The van der Waals surface area contributed by atoms with Crippen LogP contribution in [0, 0.1) is 18.8 Å². The van der Waals surface area contributed by atoms with E-state index < -0.39 is 0 Å². The van der Waals surface area contributed by atoms with Crippen molar-refractivity contribution in [2.45, 2.75) is 32.6 Å². The molecule has 0 spiro atoms. The molecule has 4 rings (SSSR count). The number of fused-ring (bicyclic) bond motifs is 1. The molecule has 7 heteroatoms. The van der Waals surface area contributed by atoms with E-state index in [4.69, 9.17) is 0 Å². The lowest BCUT2D eigenvalue weighted by atomic mass is 9.96. The third-order valence-corrected chi connectivity index (χ3v) is 5.13. The maximum absolute atomic E-state index is 12.1. The van der Waals surface area contributed by atoms with Crippen molar-refractivity contribution < 1.29 is 4.79 Å². The van der Waals surface area contributed by atoms with E-state index in [2.05, 4.69) is 26.0 Å². The fourth-order valence-corrected chi connectivity index (χ4v) is 3.60. The van der Waals surface area contributed by atoms with E-state index in [0.29, 0.717) is 23.5 Å². The van der Waals surface area contributed by atoms with Gasteiger partial charge in [-0.1, -0.05) is 0 Å². The van der Waals surface area contributed by atoms with Crippen molar-refractivity contribution in [3.63, 3.8) is 0 Å². The number of anilines is 1. The quantitative estimate of drug-likeness (QED) is 0.851. The Balaban J connectivity index is 1.40. The van der Waals surface area contributed by atoms with Crippen molar-refractivity contribution in [1.82, 2.24) is 24.5 Å². The molecule has 2 aliphatic rings. The van der Waals surface area contributed by atoms with Crippen molar-refractivity contribution in [2.24, 2.45) is 11.8 Å². The van der Waals surface area contributed by atoms with Crippen LogP contribution in [0.3, 0.4) is 0 Å².